The number of aldehydes is 1. The van der Waals surface area contributed by atoms with Crippen molar-refractivity contribution in [2.75, 3.05) is 19.7 Å². The van der Waals surface area contributed by atoms with Crippen LogP contribution in [0.25, 0.3) is 0 Å². The van der Waals surface area contributed by atoms with E-state index in [1.807, 2.05) is 18.2 Å². The zero-order valence-corrected chi connectivity index (χ0v) is 11.4. The Kier molecular flexibility index (Phi) is 5.11. The predicted molar refractivity (Wildman–Crippen MR) is 75.8 cm³/mol. The van der Waals surface area contributed by atoms with E-state index in [-0.39, 0.29) is 12.0 Å². The van der Waals surface area contributed by atoms with Crippen molar-refractivity contribution in [1.82, 2.24) is 4.90 Å². The number of hydrogen-bond donors (Lipinski definition) is 1. The van der Waals surface area contributed by atoms with Crippen molar-refractivity contribution in [3.8, 4) is 0 Å². The fourth-order valence-corrected chi connectivity index (χ4v) is 3.03. The van der Waals surface area contributed by atoms with E-state index in [4.69, 9.17) is 0 Å². The van der Waals surface area contributed by atoms with Crippen LogP contribution in [0.3, 0.4) is 0 Å². The summed E-state index contributed by atoms with van der Waals surface area (Å²) in [5.41, 5.74) is 1.05. The summed E-state index contributed by atoms with van der Waals surface area (Å²) in [5, 5.41) is 9.22. The van der Waals surface area contributed by atoms with Crippen LogP contribution in [0.15, 0.2) is 30.3 Å². The monoisotopic (exact) mass is 261 g/mol. The van der Waals surface area contributed by atoms with Crippen LogP contribution in [0, 0.1) is 5.41 Å². The topological polar surface area (TPSA) is 40.5 Å². The molecule has 2 rings (SSSR count). The second-order valence-electron chi connectivity index (χ2n) is 5.61. The summed E-state index contributed by atoms with van der Waals surface area (Å²) < 4.78 is 0. The highest BCUT2D eigenvalue weighted by Gasteiger charge is 2.35. The fraction of sp³-hybridized carbons (Fsp3) is 0.562. The molecule has 1 aliphatic rings. The number of carbonyl (C=O) groups excluding carboxylic acids is 1. The number of aliphatic hydroxyl groups is 1. The summed E-state index contributed by atoms with van der Waals surface area (Å²) in [5.74, 6) is 0. The van der Waals surface area contributed by atoms with Gasteiger partial charge in [-0.1, -0.05) is 43.2 Å². The second-order valence-corrected chi connectivity index (χ2v) is 5.61. The van der Waals surface area contributed by atoms with Crippen LogP contribution in [0.1, 0.15) is 31.2 Å². The van der Waals surface area contributed by atoms with Gasteiger partial charge in [-0.3, -0.25) is 4.90 Å². The van der Waals surface area contributed by atoms with Crippen LogP contribution in [0.2, 0.25) is 0 Å². The third kappa shape index (κ3) is 3.88. The Morgan fingerprint density at radius 1 is 1.21 bits per heavy atom. The molecule has 0 atom stereocenters. The van der Waals surface area contributed by atoms with E-state index < -0.39 is 0 Å². The molecule has 1 aromatic carbocycles. The molecule has 0 spiro atoms. The van der Waals surface area contributed by atoms with Gasteiger partial charge in [0, 0.05) is 25.0 Å². The summed E-state index contributed by atoms with van der Waals surface area (Å²) in [6.07, 6.45) is 5.43. The maximum atomic E-state index is 11.4. The molecule has 19 heavy (non-hydrogen) atoms. The molecule has 0 saturated heterocycles. The van der Waals surface area contributed by atoms with Crippen LogP contribution in [-0.2, 0) is 11.3 Å². The first-order chi connectivity index (χ1) is 9.28. The average molecular weight is 261 g/mol. The molecule has 104 valence electrons. The molecule has 0 amide bonds. The lowest BCUT2D eigenvalue weighted by molar-refractivity contribution is -0.117. The van der Waals surface area contributed by atoms with Crippen LogP contribution in [0.5, 0.6) is 0 Å². The molecular formula is C16H23NO2. The van der Waals surface area contributed by atoms with Gasteiger partial charge in [-0.15, -0.1) is 0 Å². The van der Waals surface area contributed by atoms with E-state index in [2.05, 4.69) is 17.0 Å². The van der Waals surface area contributed by atoms with Gasteiger partial charge >= 0.3 is 0 Å². The minimum absolute atomic E-state index is 0.141. The van der Waals surface area contributed by atoms with E-state index in [1.165, 1.54) is 5.56 Å². The van der Waals surface area contributed by atoms with Crippen molar-refractivity contribution in [2.45, 2.75) is 32.2 Å². The molecule has 1 aromatic rings. The van der Waals surface area contributed by atoms with E-state index in [1.54, 1.807) is 0 Å². The lowest BCUT2D eigenvalue weighted by Gasteiger charge is -2.31. The van der Waals surface area contributed by atoms with Crippen molar-refractivity contribution in [2.24, 2.45) is 5.41 Å². The summed E-state index contributed by atoms with van der Waals surface area (Å²) in [6, 6.07) is 10.2. The van der Waals surface area contributed by atoms with Crippen LogP contribution in [-0.4, -0.2) is 36.0 Å². The first-order valence-corrected chi connectivity index (χ1v) is 7.11. The predicted octanol–water partition coefficient (Wildman–Crippen LogP) is 2.24. The molecule has 0 aromatic heterocycles. The third-order valence-corrected chi connectivity index (χ3v) is 4.05. The Bertz CT molecular complexity index is 385. The molecule has 0 radical (unpaired) electrons. The van der Waals surface area contributed by atoms with Gasteiger partial charge in [0.05, 0.1) is 6.61 Å². The van der Waals surface area contributed by atoms with Crippen molar-refractivity contribution in [3.05, 3.63) is 35.9 Å². The molecule has 1 N–H and O–H groups in total. The Balaban J connectivity index is 2.01. The van der Waals surface area contributed by atoms with Crippen LogP contribution < -0.4 is 0 Å². The van der Waals surface area contributed by atoms with Crippen molar-refractivity contribution in [3.63, 3.8) is 0 Å². The number of nitrogens with zero attached hydrogens (tertiary/aromatic N) is 1. The van der Waals surface area contributed by atoms with E-state index in [0.29, 0.717) is 6.54 Å². The van der Waals surface area contributed by atoms with Gasteiger partial charge in [-0.05, 0) is 18.4 Å². The highest BCUT2D eigenvalue weighted by atomic mass is 16.3. The molecule has 0 bridgehead atoms. The van der Waals surface area contributed by atoms with Crippen molar-refractivity contribution in [1.29, 1.82) is 0 Å². The third-order valence-electron chi connectivity index (χ3n) is 4.05. The molecule has 0 aliphatic heterocycles. The van der Waals surface area contributed by atoms with Gasteiger partial charge in [-0.25, -0.2) is 0 Å². The first-order valence-electron chi connectivity index (χ1n) is 7.11. The minimum atomic E-state index is -0.177. The maximum Gasteiger partial charge on any atom is 0.127 e. The molecule has 1 fully saturated rings. The average Bonchev–Trinajstić information content (AvgIpc) is 2.89. The highest BCUT2D eigenvalue weighted by Crippen LogP contribution is 2.37. The number of aliphatic hydroxyl groups excluding tert-OH is 1. The van der Waals surface area contributed by atoms with Crippen LogP contribution in [0.4, 0.5) is 0 Å². The Morgan fingerprint density at radius 3 is 2.47 bits per heavy atom. The summed E-state index contributed by atoms with van der Waals surface area (Å²) in [4.78, 5) is 13.6. The Hall–Kier alpha value is -1.19. The van der Waals surface area contributed by atoms with E-state index in [0.717, 1.165) is 45.1 Å². The minimum Gasteiger partial charge on any atom is -0.395 e. The van der Waals surface area contributed by atoms with E-state index >= 15 is 0 Å². The standard InChI is InChI=1S/C16H23NO2/c18-11-10-17(12-15-6-2-1-3-7-15)13-16(14-19)8-4-5-9-16/h1-3,6-7,14,18H,4-5,8-13H2. The van der Waals surface area contributed by atoms with Gasteiger partial charge in [0.1, 0.15) is 6.29 Å². The summed E-state index contributed by atoms with van der Waals surface area (Å²) in [6.45, 7) is 2.34. The van der Waals surface area contributed by atoms with E-state index in [9.17, 15) is 9.90 Å². The van der Waals surface area contributed by atoms with Gasteiger partial charge in [-0.2, -0.15) is 0 Å². The summed E-state index contributed by atoms with van der Waals surface area (Å²) >= 11 is 0. The first kappa shape index (κ1) is 14.2. The Labute approximate surface area is 115 Å². The van der Waals surface area contributed by atoms with Crippen molar-refractivity contribution >= 4 is 6.29 Å². The zero-order chi connectivity index (χ0) is 13.6. The number of rotatable bonds is 7. The van der Waals surface area contributed by atoms with Gasteiger partial charge in [0.25, 0.3) is 0 Å². The number of benzene rings is 1. The maximum absolute atomic E-state index is 11.4. The van der Waals surface area contributed by atoms with Gasteiger partial charge in [0.15, 0.2) is 0 Å². The Morgan fingerprint density at radius 2 is 1.89 bits per heavy atom. The second kappa shape index (κ2) is 6.83. The lowest BCUT2D eigenvalue weighted by Crippen LogP contribution is -2.38. The molecule has 3 nitrogen and oxygen atoms in total. The number of hydrogen-bond acceptors (Lipinski definition) is 3. The zero-order valence-electron chi connectivity index (χ0n) is 11.4. The largest absolute Gasteiger partial charge is 0.395 e. The number of carbonyl (C=O) groups is 1. The van der Waals surface area contributed by atoms with Gasteiger partial charge < -0.3 is 9.90 Å². The van der Waals surface area contributed by atoms with Crippen molar-refractivity contribution < 1.29 is 9.90 Å². The van der Waals surface area contributed by atoms with Gasteiger partial charge in [0.2, 0.25) is 0 Å². The normalized spacial score (nSPS) is 17.8. The fourth-order valence-electron chi connectivity index (χ4n) is 3.03. The highest BCUT2D eigenvalue weighted by molar-refractivity contribution is 5.60. The molecule has 3 heteroatoms. The lowest BCUT2D eigenvalue weighted by atomic mass is 9.87. The molecule has 1 saturated carbocycles. The summed E-state index contributed by atoms with van der Waals surface area (Å²) in [7, 11) is 0. The smallest absolute Gasteiger partial charge is 0.127 e. The SMILES string of the molecule is O=CC1(CN(CCO)Cc2ccccc2)CCCC1. The van der Waals surface area contributed by atoms with Crippen LogP contribution >= 0.6 is 0 Å². The molecule has 0 unspecified atom stereocenters. The molecule has 0 heterocycles. The quantitative estimate of drug-likeness (QED) is 0.765. The molecular weight excluding hydrogens is 238 g/mol. The molecule has 1 aliphatic carbocycles.